The lowest BCUT2D eigenvalue weighted by molar-refractivity contribution is -0.131. The van der Waals surface area contributed by atoms with Crippen LogP contribution >= 0.6 is 11.3 Å². The molecular weight excluding hydrogens is 334 g/mol. The van der Waals surface area contributed by atoms with Crippen LogP contribution in [0, 0.1) is 0 Å². The Morgan fingerprint density at radius 3 is 2.72 bits per heavy atom. The van der Waals surface area contributed by atoms with Crippen molar-refractivity contribution >= 4 is 22.9 Å². The van der Waals surface area contributed by atoms with E-state index in [1.807, 2.05) is 31.2 Å². The van der Waals surface area contributed by atoms with Crippen molar-refractivity contribution in [2.24, 2.45) is 0 Å². The van der Waals surface area contributed by atoms with Gasteiger partial charge in [0.25, 0.3) is 0 Å². The molecule has 0 aliphatic rings. The Labute approximate surface area is 152 Å². The number of para-hydroxylation sites is 1. The highest BCUT2D eigenvalue weighted by molar-refractivity contribution is 7.13. The van der Waals surface area contributed by atoms with E-state index in [1.54, 1.807) is 17.4 Å². The fourth-order valence-corrected chi connectivity index (χ4v) is 3.61. The lowest BCUT2D eigenvalue weighted by Gasteiger charge is -2.13. The van der Waals surface area contributed by atoms with Crippen LogP contribution in [0.5, 0.6) is 5.75 Å². The van der Waals surface area contributed by atoms with Crippen LogP contribution in [0.2, 0.25) is 0 Å². The number of thiophene rings is 1. The highest BCUT2D eigenvalue weighted by Gasteiger charge is 2.07. The number of carboxylic acids is 1. The molecule has 1 atom stereocenters. The standard InChI is InChI=1S/C20H25NO3S/c1-14(13-20(23)24)19-10-9-17(25-19)8-7-15(2)21-12-11-16-5-3-4-6-18(16)22/h3-6,9-10,13,15,21-22H,7-8,11-12H2,1-2H3,(H,23,24)/b14-13+/t15-/m1/s1. The molecule has 0 aliphatic carbocycles. The molecule has 0 radical (unpaired) electrons. The molecule has 0 unspecified atom stereocenters. The molecule has 4 nitrogen and oxygen atoms in total. The summed E-state index contributed by atoms with van der Waals surface area (Å²) in [4.78, 5) is 13.0. The number of hydrogen-bond donors (Lipinski definition) is 3. The first kappa shape index (κ1) is 19.2. The topological polar surface area (TPSA) is 69.6 Å². The Hall–Kier alpha value is -2.11. The van der Waals surface area contributed by atoms with Crippen molar-refractivity contribution in [3.05, 3.63) is 57.8 Å². The number of aliphatic carboxylic acids is 1. The van der Waals surface area contributed by atoms with E-state index < -0.39 is 5.97 Å². The molecule has 0 saturated heterocycles. The fourth-order valence-electron chi connectivity index (χ4n) is 2.62. The predicted molar refractivity (Wildman–Crippen MR) is 103 cm³/mol. The van der Waals surface area contributed by atoms with Crippen LogP contribution in [-0.2, 0) is 17.6 Å². The summed E-state index contributed by atoms with van der Waals surface area (Å²) < 4.78 is 0. The van der Waals surface area contributed by atoms with Crippen LogP contribution in [0.1, 0.15) is 35.6 Å². The molecule has 0 amide bonds. The van der Waals surface area contributed by atoms with E-state index in [2.05, 4.69) is 18.3 Å². The number of allylic oxidation sites excluding steroid dienone is 1. The molecule has 2 rings (SSSR count). The first-order valence-electron chi connectivity index (χ1n) is 8.46. The number of phenolic OH excluding ortho intramolecular Hbond substituents is 1. The zero-order chi connectivity index (χ0) is 18.2. The smallest absolute Gasteiger partial charge is 0.328 e. The molecule has 134 valence electrons. The van der Waals surface area contributed by atoms with E-state index in [-0.39, 0.29) is 0 Å². The molecule has 1 aromatic carbocycles. The molecule has 2 aromatic rings. The van der Waals surface area contributed by atoms with Crippen LogP contribution in [-0.4, -0.2) is 28.8 Å². The van der Waals surface area contributed by atoms with Crippen molar-refractivity contribution in [1.29, 1.82) is 0 Å². The molecule has 0 spiro atoms. The maximum atomic E-state index is 10.7. The number of aromatic hydroxyl groups is 1. The minimum absolute atomic E-state index is 0.354. The van der Waals surface area contributed by atoms with Crippen molar-refractivity contribution in [3.63, 3.8) is 0 Å². The summed E-state index contributed by atoms with van der Waals surface area (Å²) >= 11 is 1.66. The molecule has 0 saturated carbocycles. The molecule has 0 aliphatic heterocycles. The van der Waals surface area contributed by atoms with Crippen molar-refractivity contribution in [1.82, 2.24) is 5.32 Å². The number of hydrogen-bond acceptors (Lipinski definition) is 4. The monoisotopic (exact) mass is 359 g/mol. The third-order valence-corrected chi connectivity index (χ3v) is 5.37. The Bertz CT molecular complexity index is 736. The highest BCUT2D eigenvalue weighted by Crippen LogP contribution is 2.25. The quantitative estimate of drug-likeness (QED) is 0.590. The number of phenols is 1. The second-order valence-electron chi connectivity index (χ2n) is 6.20. The second-order valence-corrected chi connectivity index (χ2v) is 7.37. The average Bonchev–Trinajstić information content (AvgIpc) is 3.03. The van der Waals surface area contributed by atoms with Gasteiger partial charge in [0.2, 0.25) is 0 Å². The molecule has 0 bridgehead atoms. The van der Waals surface area contributed by atoms with E-state index in [1.165, 1.54) is 11.0 Å². The predicted octanol–water partition coefficient (Wildman–Crippen LogP) is 4.10. The van der Waals surface area contributed by atoms with Gasteiger partial charge in [0.05, 0.1) is 0 Å². The highest BCUT2D eigenvalue weighted by atomic mass is 32.1. The number of rotatable bonds is 9. The van der Waals surface area contributed by atoms with E-state index in [0.29, 0.717) is 11.8 Å². The summed E-state index contributed by atoms with van der Waals surface area (Å²) in [6.07, 6.45) is 4.04. The van der Waals surface area contributed by atoms with Gasteiger partial charge >= 0.3 is 5.97 Å². The Morgan fingerprint density at radius 1 is 1.24 bits per heavy atom. The Morgan fingerprint density at radius 2 is 2.00 bits per heavy atom. The zero-order valence-electron chi connectivity index (χ0n) is 14.7. The van der Waals surface area contributed by atoms with Gasteiger partial charge in [-0.05, 0) is 69.0 Å². The van der Waals surface area contributed by atoms with Crippen LogP contribution in [0.3, 0.4) is 0 Å². The molecule has 5 heteroatoms. The average molecular weight is 359 g/mol. The van der Waals surface area contributed by atoms with Crippen molar-refractivity contribution in [2.75, 3.05) is 6.54 Å². The summed E-state index contributed by atoms with van der Waals surface area (Å²) in [5.41, 5.74) is 1.75. The van der Waals surface area contributed by atoms with Crippen molar-refractivity contribution in [3.8, 4) is 5.75 Å². The van der Waals surface area contributed by atoms with Gasteiger partial charge in [0, 0.05) is 21.9 Å². The molecular formula is C20H25NO3S. The largest absolute Gasteiger partial charge is 0.508 e. The van der Waals surface area contributed by atoms with Gasteiger partial charge in [-0.1, -0.05) is 18.2 Å². The first-order valence-corrected chi connectivity index (χ1v) is 9.28. The molecule has 25 heavy (non-hydrogen) atoms. The number of nitrogens with one attached hydrogen (secondary N) is 1. The Kier molecular flexibility index (Phi) is 7.22. The number of benzene rings is 1. The van der Waals surface area contributed by atoms with Gasteiger partial charge in [-0.3, -0.25) is 0 Å². The first-order chi connectivity index (χ1) is 12.0. The normalized spacial score (nSPS) is 13.0. The summed E-state index contributed by atoms with van der Waals surface area (Å²) in [6, 6.07) is 11.9. The number of carbonyl (C=O) groups is 1. The summed E-state index contributed by atoms with van der Waals surface area (Å²) in [5, 5.41) is 22.1. The number of aryl methyl sites for hydroxylation is 1. The van der Waals surface area contributed by atoms with Gasteiger partial charge < -0.3 is 15.5 Å². The Balaban J connectivity index is 1.75. The third-order valence-electron chi connectivity index (χ3n) is 4.09. The molecule has 1 heterocycles. The van der Waals surface area contributed by atoms with Crippen LogP contribution < -0.4 is 5.32 Å². The SMILES string of the molecule is C/C(=C\C(=O)O)c1ccc(CC[C@@H](C)NCCc2ccccc2O)s1. The van der Waals surface area contributed by atoms with Crippen molar-refractivity contribution < 1.29 is 15.0 Å². The summed E-state index contributed by atoms with van der Waals surface area (Å²) in [6.45, 7) is 4.82. The van der Waals surface area contributed by atoms with Crippen LogP contribution in [0.15, 0.2) is 42.5 Å². The van der Waals surface area contributed by atoms with Crippen LogP contribution in [0.25, 0.3) is 5.57 Å². The van der Waals surface area contributed by atoms with Gasteiger partial charge in [-0.2, -0.15) is 0 Å². The number of carboxylic acid groups (broad SMARTS) is 1. The summed E-state index contributed by atoms with van der Waals surface area (Å²) in [5.74, 6) is -0.553. The van der Waals surface area contributed by atoms with Gasteiger partial charge in [0.1, 0.15) is 5.75 Å². The van der Waals surface area contributed by atoms with Gasteiger partial charge in [-0.15, -0.1) is 11.3 Å². The van der Waals surface area contributed by atoms with E-state index in [4.69, 9.17) is 5.11 Å². The lowest BCUT2D eigenvalue weighted by atomic mass is 10.1. The van der Waals surface area contributed by atoms with E-state index in [9.17, 15) is 9.90 Å². The lowest BCUT2D eigenvalue weighted by Crippen LogP contribution is -2.28. The minimum Gasteiger partial charge on any atom is -0.508 e. The van der Waals surface area contributed by atoms with Crippen LogP contribution in [0.4, 0.5) is 0 Å². The van der Waals surface area contributed by atoms with E-state index >= 15 is 0 Å². The fraction of sp³-hybridized carbons (Fsp3) is 0.350. The maximum absolute atomic E-state index is 10.7. The molecule has 3 N–H and O–H groups in total. The molecule has 1 aromatic heterocycles. The van der Waals surface area contributed by atoms with Gasteiger partial charge in [-0.25, -0.2) is 4.79 Å². The third kappa shape index (κ3) is 6.36. The van der Waals surface area contributed by atoms with Crippen molar-refractivity contribution in [2.45, 2.75) is 39.2 Å². The summed E-state index contributed by atoms with van der Waals surface area (Å²) in [7, 11) is 0. The second kappa shape index (κ2) is 9.39. The molecule has 0 fully saturated rings. The van der Waals surface area contributed by atoms with E-state index in [0.717, 1.165) is 41.8 Å². The maximum Gasteiger partial charge on any atom is 0.328 e. The minimum atomic E-state index is -0.908. The zero-order valence-corrected chi connectivity index (χ0v) is 15.5. The van der Waals surface area contributed by atoms with Gasteiger partial charge in [0.15, 0.2) is 0 Å².